The maximum Gasteiger partial charge on any atom is 0.346 e. The Bertz CT molecular complexity index is 946. The van der Waals surface area contributed by atoms with Crippen LogP contribution in [0.2, 0.25) is 0 Å². The monoisotopic (exact) mass is 388 g/mol. The first-order chi connectivity index (χ1) is 13.4. The van der Waals surface area contributed by atoms with E-state index in [0.717, 1.165) is 25.7 Å². The van der Waals surface area contributed by atoms with Crippen molar-refractivity contribution in [2.45, 2.75) is 45.1 Å². The Labute approximate surface area is 161 Å². The summed E-state index contributed by atoms with van der Waals surface area (Å²) in [6.45, 7) is 2.90. The van der Waals surface area contributed by atoms with Crippen LogP contribution in [-0.4, -0.2) is 49.3 Å². The molecule has 10 nitrogen and oxygen atoms in total. The fourth-order valence-electron chi connectivity index (χ4n) is 3.65. The van der Waals surface area contributed by atoms with Crippen molar-refractivity contribution in [2.24, 2.45) is 13.0 Å². The van der Waals surface area contributed by atoms with Gasteiger partial charge in [-0.05, 0) is 32.6 Å². The Morgan fingerprint density at radius 3 is 2.57 bits per heavy atom. The summed E-state index contributed by atoms with van der Waals surface area (Å²) in [5.74, 6) is 1.74. The zero-order valence-corrected chi connectivity index (χ0v) is 16.1. The molecule has 1 aliphatic heterocycles. The first-order valence-corrected chi connectivity index (χ1v) is 9.58. The number of anilines is 1. The van der Waals surface area contributed by atoms with Crippen molar-refractivity contribution in [3.63, 3.8) is 0 Å². The van der Waals surface area contributed by atoms with Gasteiger partial charge in [0.1, 0.15) is 18.1 Å². The standard InChI is InChI=1S/C18H24N6O4/c1-11-9-14(21-28-11)19-15(25)10-24-18(27)22(2)16(20-24)12-5-7-23(8-6-12)17(26)13-3-4-13/h9,12-13H,3-8,10H2,1-2H3,(H,19,21,25). The van der Waals surface area contributed by atoms with Gasteiger partial charge >= 0.3 is 5.69 Å². The fourth-order valence-corrected chi connectivity index (χ4v) is 3.65. The summed E-state index contributed by atoms with van der Waals surface area (Å²) in [6, 6.07) is 1.60. The van der Waals surface area contributed by atoms with Gasteiger partial charge in [-0.15, -0.1) is 0 Å². The highest BCUT2D eigenvalue weighted by atomic mass is 16.5. The Morgan fingerprint density at radius 1 is 1.25 bits per heavy atom. The third kappa shape index (κ3) is 3.71. The maximum absolute atomic E-state index is 12.5. The lowest BCUT2D eigenvalue weighted by molar-refractivity contribution is -0.133. The van der Waals surface area contributed by atoms with E-state index in [-0.39, 0.29) is 30.0 Å². The average molecular weight is 388 g/mol. The van der Waals surface area contributed by atoms with Crippen LogP contribution in [0.3, 0.4) is 0 Å². The molecule has 0 spiro atoms. The van der Waals surface area contributed by atoms with Gasteiger partial charge in [0.05, 0.1) is 0 Å². The number of hydrogen-bond acceptors (Lipinski definition) is 6. The number of carbonyl (C=O) groups excluding carboxylic acids is 2. The van der Waals surface area contributed by atoms with E-state index in [2.05, 4.69) is 15.6 Å². The first-order valence-electron chi connectivity index (χ1n) is 9.58. The van der Waals surface area contributed by atoms with Crippen LogP contribution in [0.1, 0.15) is 43.2 Å². The molecule has 0 radical (unpaired) electrons. The minimum absolute atomic E-state index is 0.100. The number of amides is 2. The van der Waals surface area contributed by atoms with Crippen molar-refractivity contribution >= 4 is 17.6 Å². The number of hydrogen-bond donors (Lipinski definition) is 1. The van der Waals surface area contributed by atoms with Crippen molar-refractivity contribution in [3.8, 4) is 0 Å². The normalized spacial score (nSPS) is 17.7. The number of likely N-dealkylation sites (tertiary alicyclic amines) is 1. The van der Waals surface area contributed by atoms with Gasteiger partial charge in [0, 0.05) is 38.0 Å². The number of nitrogens with one attached hydrogen (secondary N) is 1. The molecule has 1 aliphatic carbocycles. The molecule has 10 heteroatoms. The topological polar surface area (TPSA) is 115 Å². The van der Waals surface area contributed by atoms with E-state index < -0.39 is 5.91 Å². The molecule has 150 valence electrons. The third-order valence-corrected chi connectivity index (χ3v) is 5.36. The smallest absolute Gasteiger partial charge is 0.346 e. The molecular formula is C18H24N6O4. The molecule has 3 heterocycles. The number of aromatic nitrogens is 4. The van der Waals surface area contributed by atoms with Crippen LogP contribution in [0.15, 0.2) is 15.4 Å². The number of piperidine rings is 1. The lowest BCUT2D eigenvalue weighted by atomic mass is 9.95. The summed E-state index contributed by atoms with van der Waals surface area (Å²) in [6.07, 6.45) is 3.56. The van der Waals surface area contributed by atoms with E-state index in [0.29, 0.717) is 30.5 Å². The molecule has 1 saturated carbocycles. The SMILES string of the molecule is Cc1cc(NC(=O)Cn2nc(C3CCN(C(=O)C4CC4)CC3)n(C)c2=O)no1. The fraction of sp³-hybridized carbons (Fsp3) is 0.611. The van der Waals surface area contributed by atoms with Crippen LogP contribution >= 0.6 is 0 Å². The molecule has 2 amide bonds. The molecule has 0 atom stereocenters. The molecular weight excluding hydrogens is 364 g/mol. The predicted molar refractivity (Wildman–Crippen MR) is 98.6 cm³/mol. The molecule has 2 aromatic heterocycles. The summed E-state index contributed by atoms with van der Waals surface area (Å²) in [7, 11) is 1.67. The summed E-state index contributed by atoms with van der Waals surface area (Å²) in [5.41, 5.74) is -0.335. The first kappa shape index (κ1) is 18.5. The van der Waals surface area contributed by atoms with Crippen LogP contribution in [0.4, 0.5) is 5.82 Å². The van der Waals surface area contributed by atoms with Crippen molar-refractivity contribution in [2.75, 3.05) is 18.4 Å². The number of rotatable bonds is 5. The Kier molecular flexibility index (Phi) is 4.78. The second kappa shape index (κ2) is 7.25. The van der Waals surface area contributed by atoms with Crippen molar-refractivity contribution in [1.82, 2.24) is 24.4 Å². The van der Waals surface area contributed by atoms with Gasteiger partial charge in [0.15, 0.2) is 5.82 Å². The minimum atomic E-state index is -0.398. The second-order valence-electron chi connectivity index (χ2n) is 7.60. The average Bonchev–Trinajstić information content (AvgIpc) is 3.40. The van der Waals surface area contributed by atoms with Gasteiger partial charge in [-0.1, -0.05) is 5.16 Å². The van der Waals surface area contributed by atoms with Gasteiger partial charge in [0.2, 0.25) is 11.8 Å². The van der Waals surface area contributed by atoms with E-state index >= 15 is 0 Å². The summed E-state index contributed by atoms with van der Waals surface area (Å²) in [4.78, 5) is 38.8. The Balaban J connectivity index is 1.40. The molecule has 28 heavy (non-hydrogen) atoms. The van der Waals surface area contributed by atoms with Gasteiger partial charge in [0.25, 0.3) is 0 Å². The Hall–Kier alpha value is -2.91. The molecule has 0 bridgehead atoms. The highest BCUT2D eigenvalue weighted by Crippen LogP contribution is 2.33. The van der Waals surface area contributed by atoms with E-state index in [1.54, 1.807) is 20.0 Å². The molecule has 2 fully saturated rings. The zero-order chi connectivity index (χ0) is 19.8. The third-order valence-electron chi connectivity index (χ3n) is 5.36. The van der Waals surface area contributed by atoms with Crippen LogP contribution < -0.4 is 11.0 Å². The maximum atomic E-state index is 12.5. The molecule has 2 aromatic rings. The number of nitrogens with zero attached hydrogens (tertiary/aromatic N) is 5. The summed E-state index contributed by atoms with van der Waals surface area (Å²) >= 11 is 0. The molecule has 1 saturated heterocycles. The van der Waals surface area contributed by atoms with E-state index in [4.69, 9.17) is 4.52 Å². The van der Waals surface area contributed by atoms with Crippen LogP contribution in [-0.2, 0) is 23.2 Å². The lowest BCUT2D eigenvalue weighted by Gasteiger charge is -2.31. The van der Waals surface area contributed by atoms with Gasteiger partial charge in [-0.25, -0.2) is 9.48 Å². The minimum Gasteiger partial charge on any atom is -0.360 e. The second-order valence-corrected chi connectivity index (χ2v) is 7.60. The van der Waals surface area contributed by atoms with Gasteiger partial charge in [-0.3, -0.25) is 14.2 Å². The van der Waals surface area contributed by atoms with Gasteiger partial charge in [-0.2, -0.15) is 5.10 Å². The molecule has 0 aromatic carbocycles. The molecule has 2 aliphatic rings. The van der Waals surface area contributed by atoms with Crippen LogP contribution in [0, 0.1) is 12.8 Å². The summed E-state index contributed by atoms with van der Waals surface area (Å²) < 4.78 is 7.57. The summed E-state index contributed by atoms with van der Waals surface area (Å²) in [5, 5.41) is 10.7. The molecule has 4 rings (SSSR count). The number of carbonyl (C=O) groups is 2. The molecule has 0 unspecified atom stereocenters. The van der Waals surface area contributed by atoms with Crippen molar-refractivity contribution < 1.29 is 14.1 Å². The number of aryl methyl sites for hydroxylation is 1. The highest BCUT2D eigenvalue weighted by Gasteiger charge is 2.36. The molecule has 1 N–H and O–H groups in total. The van der Waals surface area contributed by atoms with Crippen LogP contribution in [0.25, 0.3) is 0 Å². The largest absolute Gasteiger partial charge is 0.360 e. The van der Waals surface area contributed by atoms with Crippen molar-refractivity contribution in [1.29, 1.82) is 0 Å². The predicted octanol–water partition coefficient (Wildman–Crippen LogP) is 0.633. The highest BCUT2D eigenvalue weighted by molar-refractivity contribution is 5.89. The quantitative estimate of drug-likeness (QED) is 0.803. The van der Waals surface area contributed by atoms with E-state index in [1.165, 1.54) is 9.25 Å². The lowest BCUT2D eigenvalue weighted by Crippen LogP contribution is -2.39. The van der Waals surface area contributed by atoms with E-state index in [1.807, 2.05) is 4.90 Å². The van der Waals surface area contributed by atoms with Gasteiger partial charge < -0.3 is 14.7 Å². The van der Waals surface area contributed by atoms with Crippen LogP contribution in [0.5, 0.6) is 0 Å². The Morgan fingerprint density at radius 2 is 1.96 bits per heavy atom. The van der Waals surface area contributed by atoms with Crippen molar-refractivity contribution in [3.05, 3.63) is 28.1 Å². The zero-order valence-electron chi connectivity index (χ0n) is 16.1. The van der Waals surface area contributed by atoms with E-state index in [9.17, 15) is 14.4 Å².